The molecule has 0 saturated heterocycles. The lowest BCUT2D eigenvalue weighted by atomic mass is 10.0. The number of nitrogens with one attached hydrogen (secondary N) is 2. The van der Waals surface area contributed by atoms with Crippen molar-refractivity contribution in [2.45, 2.75) is 32.7 Å². The highest BCUT2D eigenvalue weighted by molar-refractivity contribution is 14.1. The Labute approximate surface area is 219 Å². The van der Waals surface area contributed by atoms with Gasteiger partial charge in [0.1, 0.15) is 11.5 Å². The Balaban J connectivity index is 1.85. The first-order valence-corrected chi connectivity index (χ1v) is 12.5. The number of carbonyl (C=O) groups is 1. The van der Waals surface area contributed by atoms with Crippen LogP contribution >= 0.6 is 22.6 Å². The zero-order valence-electron chi connectivity index (χ0n) is 19.9. The molecular weight excluding hydrogens is 576 g/mol. The van der Waals surface area contributed by atoms with E-state index in [-0.39, 0.29) is 39.8 Å². The van der Waals surface area contributed by atoms with Gasteiger partial charge in [0.25, 0.3) is 11.1 Å². The number of rotatable bonds is 5. The molecule has 0 bridgehead atoms. The molecule has 0 aliphatic heterocycles. The van der Waals surface area contributed by atoms with Crippen molar-refractivity contribution in [2.24, 2.45) is 7.05 Å². The van der Waals surface area contributed by atoms with Crippen molar-refractivity contribution in [3.63, 3.8) is 0 Å². The maximum absolute atomic E-state index is 14.8. The zero-order valence-corrected chi connectivity index (χ0v) is 22.0. The van der Waals surface area contributed by atoms with Gasteiger partial charge in [-0.25, -0.2) is 9.07 Å². The number of aryl methyl sites for hydroxylation is 1. The molecule has 1 amide bonds. The standard InChI is InChI=1S/C26H23FIN5O3/c1-13-22(30-20-10-7-16(28)12-19(20)27)21-24(32(3)25(13)35)23(31-33(26(21)36)18-8-9-18)15-5-4-6-17(11-15)29-14(2)34/h4-7,10-12,18,30H,8-9H2,1-3H3,(H,29,34). The van der Waals surface area contributed by atoms with E-state index in [4.69, 9.17) is 5.10 Å². The van der Waals surface area contributed by atoms with Crippen LogP contribution in [0, 0.1) is 16.3 Å². The molecule has 4 aromatic rings. The molecule has 2 heterocycles. The molecule has 1 aliphatic carbocycles. The second-order valence-corrected chi connectivity index (χ2v) is 10.2. The predicted octanol–water partition coefficient (Wildman–Crippen LogP) is 4.85. The molecule has 8 nitrogen and oxygen atoms in total. The minimum absolute atomic E-state index is 0.0420. The first-order chi connectivity index (χ1) is 17.2. The number of fused-ring (bicyclic) bond motifs is 1. The summed E-state index contributed by atoms with van der Waals surface area (Å²) in [5.74, 6) is -0.711. The Bertz CT molecular complexity index is 1670. The fourth-order valence-electron chi connectivity index (χ4n) is 4.32. The van der Waals surface area contributed by atoms with Gasteiger partial charge in [0.2, 0.25) is 5.91 Å². The van der Waals surface area contributed by atoms with Crippen molar-refractivity contribution < 1.29 is 9.18 Å². The minimum Gasteiger partial charge on any atom is -0.352 e. The molecule has 1 aliphatic rings. The third-order valence-corrected chi connectivity index (χ3v) is 6.89. The molecule has 1 saturated carbocycles. The Morgan fingerprint density at radius 2 is 1.89 bits per heavy atom. The molecule has 0 spiro atoms. The zero-order chi connectivity index (χ0) is 25.7. The van der Waals surface area contributed by atoms with Gasteiger partial charge in [0, 0.05) is 34.4 Å². The van der Waals surface area contributed by atoms with E-state index in [2.05, 4.69) is 10.6 Å². The highest BCUT2D eigenvalue weighted by Crippen LogP contribution is 2.37. The van der Waals surface area contributed by atoms with Crippen molar-refractivity contribution in [2.75, 3.05) is 10.6 Å². The number of amides is 1. The molecule has 0 radical (unpaired) electrons. The number of anilines is 3. The molecule has 2 aromatic heterocycles. The lowest BCUT2D eigenvalue weighted by Crippen LogP contribution is -2.29. The predicted molar refractivity (Wildman–Crippen MR) is 146 cm³/mol. The van der Waals surface area contributed by atoms with Crippen LogP contribution in [0.3, 0.4) is 0 Å². The maximum atomic E-state index is 14.8. The van der Waals surface area contributed by atoms with Crippen molar-refractivity contribution >= 4 is 56.5 Å². The van der Waals surface area contributed by atoms with Gasteiger partial charge < -0.3 is 15.2 Å². The molecule has 0 atom stereocenters. The summed E-state index contributed by atoms with van der Waals surface area (Å²) in [4.78, 5) is 38.7. The Kier molecular flexibility index (Phi) is 6.15. The van der Waals surface area contributed by atoms with Crippen LogP contribution in [0.2, 0.25) is 0 Å². The highest BCUT2D eigenvalue weighted by Gasteiger charge is 2.30. The largest absolute Gasteiger partial charge is 0.352 e. The molecular formula is C26H23FIN5O3. The Morgan fingerprint density at radius 1 is 1.14 bits per heavy atom. The number of pyridine rings is 1. The van der Waals surface area contributed by atoms with Crippen molar-refractivity contribution in [3.8, 4) is 11.3 Å². The van der Waals surface area contributed by atoms with E-state index < -0.39 is 5.82 Å². The van der Waals surface area contributed by atoms with Crippen LogP contribution in [0.1, 0.15) is 31.4 Å². The molecule has 2 N–H and O–H groups in total. The first-order valence-electron chi connectivity index (χ1n) is 11.4. The van der Waals surface area contributed by atoms with Crippen molar-refractivity contribution in [1.29, 1.82) is 0 Å². The average molecular weight is 599 g/mol. The summed E-state index contributed by atoms with van der Waals surface area (Å²) in [5.41, 5.74) is 2.00. The van der Waals surface area contributed by atoms with Gasteiger partial charge in [0.05, 0.1) is 28.3 Å². The van der Waals surface area contributed by atoms with Gasteiger partial charge in [-0.05, 0) is 72.7 Å². The van der Waals surface area contributed by atoms with E-state index >= 15 is 0 Å². The van der Waals surface area contributed by atoms with Crippen LogP contribution in [-0.4, -0.2) is 20.3 Å². The second kappa shape index (κ2) is 9.16. The fourth-order valence-corrected chi connectivity index (χ4v) is 4.78. The molecule has 10 heteroatoms. The van der Waals surface area contributed by atoms with E-state index in [1.807, 2.05) is 28.7 Å². The molecule has 184 valence electrons. The van der Waals surface area contributed by atoms with E-state index in [0.717, 1.165) is 16.4 Å². The van der Waals surface area contributed by atoms with E-state index in [0.29, 0.717) is 28.0 Å². The van der Waals surface area contributed by atoms with Gasteiger partial charge in [-0.3, -0.25) is 14.4 Å². The van der Waals surface area contributed by atoms with E-state index in [9.17, 15) is 18.8 Å². The van der Waals surface area contributed by atoms with Crippen LogP contribution < -0.4 is 21.8 Å². The summed E-state index contributed by atoms with van der Waals surface area (Å²) in [6.07, 6.45) is 1.64. The number of halogens is 2. The quantitative estimate of drug-likeness (QED) is 0.320. The summed E-state index contributed by atoms with van der Waals surface area (Å²) in [5, 5.41) is 10.7. The van der Waals surface area contributed by atoms with Gasteiger partial charge in [-0.2, -0.15) is 5.10 Å². The van der Waals surface area contributed by atoms with Gasteiger partial charge in [-0.15, -0.1) is 0 Å². The minimum atomic E-state index is -0.491. The number of carbonyl (C=O) groups excluding carboxylic acids is 1. The fraction of sp³-hybridized carbons (Fsp3) is 0.231. The summed E-state index contributed by atoms with van der Waals surface area (Å²) in [6, 6.07) is 11.7. The van der Waals surface area contributed by atoms with E-state index in [1.165, 1.54) is 22.2 Å². The summed E-state index contributed by atoms with van der Waals surface area (Å²) in [6.45, 7) is 3.04. The average Bonchev–Trinajstić information content (AvgIpc) is 3.67. The first kappa shape index (κ1) is 24.2. The summed E-state index contributed by atoms with van der Waals surface area (Å²) >= 11 is 2.02. The normalized spacial score (nSPS) is 13.1. The van der Waals surface area contributed by atoms with Crippen LogP contribution in [0.15, 0.2) is 52.1 Å². The van der Waals surface area contributed by atoms with Gasteiger partial charge in [0.15, 0.2) is 0 Å². The maximum Gasteiger partial charge on any atom is 0.278 e. The van der Waals surface area contributed by atoms with E-state index in [1.54, 1.807) is 44.3 Å². The highest BCUT2D eigenvalue weighted by atomic mass is 127. The van der Waals surface area contributed by atoms with Crippen LogP contribution in [-0.2, 0) is 11.8 Å². The number of hydrogen-bond donors (Lipinski definition) is 2. The van der Waals surface area contributed by atoms with Crippen LogP contribution in [0.5, 0.6) is 0 Å². The number of nitrogens with zero attached hydrogens (tertiary/aromatic N) is 3. The van der Waals surface area contributed by atoms with Crippen LogP contribution in [0.4, 0.5) is 21.5 Å². The second-order valence-electron chi connectivity index (χ2n) is 8.93. The molecule has 5 rings (SSSR count). The molecule has 1 fully saturated rings. The van der Waals surface area contributed by atoms with Crippen molar-refractivity contribution in [1.82, 2.24) is 14.3 Å². The van der Waals surface area contributed by atoms with Gasteiger partial charge in [-0.1, -0.05) is 12.1 Å². The lowest BCUT2D eigenvalue weighted by Gasteiger charge is -2.19. The SMILES string of the molecule is CC(=O)Nc1cccc(-c2nn(C3CC3)c(=O)c3c(Nc4ccc(I)cc4F)c(C)c(=O)n(C)c23)c1. The van der Waals surface area contributed by atoms with Crippen molar-refractivity contribution in [3.05, 3.63) is 78.1 Å². The topological polar surface area (TPSA) is 98.0 Å². The third kappa shape index (κ3) is 4.29. The van der Waals surface area contributed by atoms with Gasteiger partial charge >= 0.3 is 0 Å². The Hall–Kier alpha value is -3.54. The van der Waals surface area contributed by atoms with Crippen LogP contribution in [0.25, 0.3) is 22.2 Å². The smallest absolute Gasteiger partial charge is 0.278 e. The monoisotopic (exact) mass is 599 g/mol. The molecule has 0 unspecified atom stereocenters. The molecule has 2 aromatic carbocycles. The number of benzene rings is 2. The lowest BCUT2D eigenvalue weighted by molar-refractivity contribution is -0.114. The Morgan fingerprint density at radius 3 is 2.56 bits per heavy atom. The number of aromatic nitrogens is 3. The summed E-state index contributed by atoms with van der Waals surface area (Å²) < 4.78 is 18.4. The number of hydrogen-bond acceptors (Lipinski definition) is 5. The third-order valence-electron chi connectivity index (χ3n) is 6.22. The molecule has 36 heavy (non-hydrogen) atoms. The summed E-state index contributed by atoms with van der Waals surface area (Å²) in [7, 11) is 1.59.